The first-order chi connectivity index (χ1) is 9.11. The Morgan fingerprint density at radius 3 is 2.58 bits per heavy atom. The lowest BCUT2D eigenvalue weighted by Gasteiger charge is -2.39. The SMILES string of the molecule is CNC(c1ccc(C)cc1)C(C)N1CCOC(C)C1. The van der Waals surface area contributed by atoms with Crippen molar-refractivity contribution < 1.29 is 4.74 Å². The molecular formula is C16H26N2O. The Kier molecular flexibility index (Phi) is 4.97. The number of benzene rings is 1. The van der Waals surface area contributed by atoms with E-state index in [1.807, 2.05) is 7.05 Å². The smallest absolute Gasteiger partial charge is 0.0674 e. The van der Waals surface area contributed by atoms with Gasteiger partial charge in [-0.05, 0) is 33.4 Å². The van der Waals surface area contributed by atoms with Crippen LogP contribution in [0, 0.1) is 6.92 Å². The zero-order valence-electron chi connectivity index (χ0n) is 12.5. The van der Waals surface area contributed by atoms with Crippen LogP contribution in [0.2, 0.25) is 0 Å². The van der Waals surface area contributed by atoms with Crippen LogP contribution in [0.25, 0.3) is 0 Å². The summed E-state index contributed by atoms with van der Waals surface area (Å²) in [5.41, 5.74) is 2.67. The Morgan fingerprint density at radius 2 is 2.00 bits per heavy atom. The second kappa shape index (κ2) is 6.51. The quantitative estimate of drug-likeness (QED) is 0.901. The lowest BCUT2D eigenvalue weighted by Crippen LogP contribution is -2.49. The second-order valence-corrected chi connectivity index (χ2v) is 5.59. The molecule has 1 aromatic carbocycles. The zero-order valence-corrected chi connectivity index (χ0v) is 12.5. The normalized spacial score (nSPS) is 24.1. The molecule has 0 amide bonds. The largest absolute Gasteiger partial charge is 0.376 e. The molecule has 2 rings (SSSR count). The van der Waals surface area contributed by atoms with Gasteiger partial charge in [0.25, 0.3) is 0 Å². The third kappa shape index (κ3) is 3.56. The van der Waals surface area contributed by atoms with Crippen LogP contribution in [0.1, 0.15) is 31.0 Å². The van der Waals surface area contributed by atoms with Crippen molar-refractivity contribution in [1.29, 1.82) is 0 Å². The Morgan fingerprint density at radius 1 is 1.32 bits per heavy atom. The summed E-state index contributed by atoms with van der Waals surface area (Å²) in [5, 5.41) is 3.47. The van der Waals surface area contributed by atoms with E-state index in [9.17, 15) is 0 Å². The van der Waals surface area contributed by atoms with Gasteiger partial charge in [-0.3, -0.25) is 4.90 Å². The number of rotatable bonds is 4. The van der Waals surface area contributed by atoms with E-state index >= 15 is 0 Å². The van der Waals surface area contributed by atoms with E-state index in [-0.39, 0.29) is 0 Å². The average molecular weight is 262 g/mol. The predicted molar refractivity (Wildman–Crippen MR) is 79.4 cm³/mol. The van der Waals surface area contributed by atoms with Crippen LogP contribution >= 0.6 is 0 Å². The highest BCUT2D eigenvalue weighted by atomic mass is 16.5. The van der Waals surface area contributed by atoms with Crippen molar-refractivity contribution in [3.63, 3.8) is 0 Å². The van der Waals surface area contributed by atoms with E-state index in [1.165, 1.54) is 11.1 Å². The summed E-state index contributed by atoms with van der Waals surface area (Å²) in [4.78, 5) is 2.52. The van der Waals surface area contributed by atoms with Gasteiger partial charge in [-0.2, -0.15) is 0 Å². The number of nitrogens with zero attached hydrogens (tertiary/aromatic N) is 1. The summed E-state index contributed by atoms with van der Waals surface area (Å²) < 4.78 is 5.63. The summed E-state index contributed by atoms with van der Waals surface area (Å²) in [6.07, 6.45) is 0.340. The molecule has 0 radical (unpaired) electrons. The number of hydrogen-bond acceptors (Lipinski definition) is 3. The molecule has 3 atom stereocenters. The average Bonchev–Trinajstić information content (AvgIpc) is 2.41. The molecule has 3 unspecified atom stereocenters. The fourth-order valence-electron chi connectivity index (χ4n) is 2.89. The molecule has 1 N–H and O–H groups in total. The van der Waals surface area contributed by atoms with Crippen molar-refractivity contribution in [2.45, 2.75) is 39.0 Å². The third-order valence-electron chi connectivity index (χ3n) is 4.08. The minimum absolute atomic E-state index is 0.340. The van der Waals surface area contributed by atoms with Gasteiger partial charge in [-0.25, -0.2) is 0 Å². The van der Waals surface area contributed by atoms with Gasteiger partial charge in [0, 0.05) is 25.2 Å². The number of aryl methyl sites for hydroxylation is 1. The molecule has 3 heteroatoms. The summed E-state index contributed by atoms with van der Waals surface area (Å²) in [6, 6.07) is 9.68. The van der Waals surface area contributed by atoms with Crippen LogP contribution in [-0.4, -0.2) is 43.8 Å². The van der Waals surface area contributed by atoms with E-state index in [0.29, 0.717) is 18.2 Å². The molecule has 3 nitrogen and oxygen atoms in total. The lowest BCUT2D eigenvalue weighted by molar-refractivity contribution is -0.0365. The van der Waals surface area contributed by atoms with Crippen LogP contribution in [0.5, 0.6) is 0 Å². The highest BCUT2D eigenvalue weighted by Crippen LogP contribution is 2.22. The Labute approximate surface area is 116 Å². The molecule has 1 heterocycles. The van der Waals surface area contributed by atoms with E-state index in [2.05, 4.69) is 55.3 Å². The number of ether oxygens (including phenoxy) is 1. The first kappa shape index (κ1) is 14.5. The monoisotopic (exact) mass is 262 g/mol. The molecule has 1 saturated heterocycles. The van der Waals surface area contributed by atoms with Gasteiger partial charge in [0.2, 0.25) is 0 Å². The van der Waals surface area contributed by atoms with Crippen molar-refractivity contribution >= 4 is 0 Å². The molecular weight excluding hydrogens is 236 g/mol. The number of likely N-dealkylation sites (N-methyl/N-ethyl adjacent to an activating group) is 1. The first-order valence-electron chi connectivity index (χ1n) is 7.21. The van der Waals surface area contributed by atoms with Crippen molar-refractivity contribution in [2.24, 2.45) is 0 Å². The van der Waals surface area contributed by atoms with Gasteiger partial charge in [0.15, 0.2) is 0 Å². The fraction of sp³-hybridized carbons (Fsp3) is 0.625. The van der Waals surface area contributed by atoms with Gasteiger partial charge in [-0.1, -0.05) is 29.8 Å². The molecule has 0 aliphatic carbocycles. The molecule has 0 bridgehead atoms. The molecule has 0 spiro atoms. The molecule has 0 aromatic heterocycles. The van der Waals surface area contributed by atoms with Gasteiger partial charge >= 0.3 is 0 Å². The molecule has 1 aliphatic heterocycles. The Bertz CT molecular complexity index is 390. The Hall–Kier alpha value is -0.900. The summed E-state index contributed by atoms with van der Waals surface area (Å²) in [6.45, 7) is 9.47. The maximum Gasteiger partial charge on any atom is 0.0674 e. The summed E-state index contributed by atoms with van der Waals surface area (Å²) >= 11 is 0. The van der Waals surface area contributed by atoms with Gasteiger partial charge in [-0.15, -0.1) is 0 Å². The number of nitrogens with one attached hydrogen (secondary N) is 1. The van der Waals surface area contributed by atoms with Crippen LogP contribution in [0.3, 0.4) is 0 Å². The third-order valence-corrected chi connectivity index (χ3v) is 4.08. The molecule has 1 fully saturated rings. The minimum atomic E-state index is 0.340. The topological polar surface area (TPSA) is 24.5 Å². The van der Waals surface area contributed by atoms with Crippen molar-refractivity contribution in [3.8, 4) is 0 Å². The van der Waals surface area contributed by atoms with Crippen LogP contribution in [-0.2, 0) is 4.74 Å². The minimum Gasteiger partial charge on any atom is -0.376 e. The molecule has 0 saturated carbocycles. The molecule has 106 valence electrons. The maximum atomic E-state index is 5.63. The Balaban J connectivity index is 2.09. The maximum absolute atomic E-state index is 5.63. The number of hydrogen-bond donors (Lipinski definition) is 1. The molecule has 1 aliphatic rings. The molecule has 19 heavy (non-hydrogen) atoms. The predicted octanol–water partition coefficient (Wildman–Crippen LogP) is 2.36. The summed E-state index contributed by atoms with van der Waals surface area (Å²) in [5.74, 6) is 0. The molecule has 1 aromatic rings. The van der Waals surface area contributed by atoms with Crippen molar-refractivity contribution in [1.82, 2.24) is 10.2 Å². The van der Waals surface area contributed by atoms with Crippen molar-refractivity contribution in [3.05, 3.63) is 35.4 Å². The fourth-order valence-corrected chi connectivity index (χ4v) is 2.89. The highest BCUT2D eigenvalue weighted by molar-refractivity contribution is 5.25. The second-order valence-electron chi connectivity index (χ2n) is 5.59. The standard InChI is InChI=1S/C16H26N2O/c1-12-5-7-15(8-6-12)16(17-4)14(3)18-9-10-19-13(2)11-18/h5-8,13-14,16-17H,9-11H2,1-4H3. The van der Waals surface area contributed by atoms with Crippen LogP contribution in [0.4, 0.5) is 0 Å². The van der Waals surface area contributed by atoms with E-state index in [4.69, 9.17) is 4.74 Å². The summed E-state index contributed by atoms with van der Waals surface area (Å²) in [7, 11) is 2.05. The zero-order chi connectivity index (χ0) is 13.8. The van der Waals surface area contributed by atoms with Crippen LogP contribution < -0.4 is 5.32 Å². The van der Waals surface area contributed by atoms with Gasteiger partial charge in [0.1, 0.15) is 0 Å². The van der Waals surface area contributed by atoms with Gasteiger partial charge < -0.3 is 10.1 Å². The number of morpholine rings is 1. The van der Waals surface area contributed by atoms with Crippen molar-refractivity contribution in [2.75, 3.05) is 26.7 Å². The first-order valence-corrected chi connectivity index (χ1v) is 7.21. The lowest BCUT2D eigenvalue weighted by atomic mass is 9.98. The van der Waals surface area contributed by atoms with Crippen LogP contribution in [0.15, 0.2) is 24.3 Å². The van der Waals surface area contributed by atoms with E-state index in [1.54, 1.807) is 0 Å². The van der Waals surface area contributed by atoms with E-state index in [0.717, 1.165) is 19.7 Å². The highest BCUT2D eigenvalue weighted by Gasteiger charge is 2.27. The van der Waals surface area contributed by atoms with E-state index < -0.39 is 0 Å². The van der Waals surface area contributed by atoms with Gasteiger partial charge in [0.05, 0.1) is 12.7 Å².